The minimum atomic E-state index is -0.873. The minimum absolute atomic E-state index is 0.0657. The Hall–Kier alpha value is -2.89. The van der Waals surface area contributed by atoms with Gasteiger partial charge < -0.3 is 29.7 Å². The van der Waals surface area contributed by atoms with E-state index in [1.165, 1.54) is 17.5 Å². The van der Waals surface area contributed by atoms with Crippen molar-refractivity contribution in [2.45, 2.75) is 32.2 Å². The molecule has 3 unspecified atom stereocenters. The van der Waals surface area contributed by atoms with Gasteiger partial charge in [-0.25, -0.2) is 4.79 Å². The van der Waals surface area contributed by atoms with Gasteiger partial charge in [-0.05, 0) is 37.1 Å². The number of fused-ring (bicyclic) bond motifs is 1. The van der Waals surface area contributed by atoms with Crippen molar-refractivity contribution in [2.75, 3.05) is 66.6 Å². The van der Waals surface area contributed by atoms with Gasteiger partial charge in [-0.1, -0.05) is 6.07 Å². The molecule has 3 amide bonds. The molecule has 11 heteroatoms. The Morgan fingerprint density at radius 1 is 1.20 bits per heavy atom. The number of nitrogens with zero attached hydrogens (tertiary/aromatic N) is 5. The van der Waals surface area contributed by atoms with Crippen molar-refractivity contribution < 1.29 is 24.2 Å². The highest BCUT2D eigenvalue weighted by molar-refractivity contribution is 6.04. The molecule has 3 atom stereocenters. The summed E-state index contributed by atoms with van der Waals surface area (Å²) < 4.78 is 11.2. The number of ether oxygens (including phenoxy) is 2. The zero-order valence-electron chi connectivity index (χ0n) is 20.9. The van der Waals surface area contributed by atoms with Crippen LogP contribution in [-0.2, 0) is 9.53 Å². The minimum Gasteiger partial charge on any atom is -0.491 e. The maximum Gasteiger partial charge on any atom is 0.327 e. The first-order chi connectivity index (χ1) is 16.8. The number of imide groups is 1. The second-order valence-electron chi connectivity index (χ2n) is 9.35. The van der Waals surface area contributed by atoms with Crippen LogP contribution >= 0.6 is 0 Å². The number of amides is 3. The van der Waals surface area contributed by atoms with Crippen LogP contribution in [0.1, 0.15) is 11.1 Å². The number of aliphatic imine (C=N–C) groups is 1. The number of aliphatic hydroxyl groups is 1. The molecule has 1 aromatic rings. The van der Waals surface area contributed by atoms with E-state index in [1.54, 1.807) is 11.9 Å². The maximum atomic E-state index is 13.1. The molecule has 4 rings (SSSR count). The van der Waals surface area contributed by atoms with E-state index in [9.17, 15) is 14.7 Å². The molecule has 192 valence electrons. The quantitative estimate of drug-likeness (QED) is 0.520. The first-order valence-corrected chi connectivity index (χ1v) is 12.1. The molecule has 1 aromatic carbocycles. The van der Waals surface area contributed by atoms with Crippen molar-refractivity contribution in [3.63, 3.8) is 0 Å². The number of β-amino-alcohol motifs (C(OH)–C–C–N with tert-alkyl or cyclic N) is 1. The van der Waals surface area contributed by atoms with Gasteiger partial charge in [0.15, 0.2) is 12.0 Å². The number of aliphatic hydroxyl groups excluding tert-OH is 1. The van der Waals surface area contributed by atoms with Crippen molar-refractivity contribution in [1.82, 2.24) is 24.9 Å². The molecule has 11 nitrogen and oxygen atoms in total. The van der Waals surface area contributed by atoms with E-state index in [2.05, 4.69) is 10.2 Å². The highest BCUT2D eigenvalue weighted by Crippen LogP contribution is 2.24. The highest BCUT2D eigenvalue weighted by Gasteiger charge is 2.52. The second kappa shape index (κ2) is 10.8. The van der Waals surface area contributed by atoms with Gasteiger partial charge in [0.25, 0.3) is 5.91 Å². The van der Waals surface area contributed by atoms with E-state index in [-0.39, 0.29) is 25.1 Å². The Morgan fingerprint density at radius 2 is 1.94 bits per heavy atom. The summed E-state index contributed by atoms with van der Waals surface area (Å²) in [5.41, 5.74) is 2.28. The molecule has 0 aromatic heterocycles. The fraction of sp³-hybridized carbons (Fsp3) is 0.625. The van der Waals surface area contributed by atoms with Gasteiger partial charge in [0, 0.05) is 33.7 Å². The number of aryl methyl sites for hydroxylation is 2. The average Bonchev–Trinajstić information content (AvgIpc) is 3.21. The lowest BCUT2D eigenvalue weighted by Crippen LogP contribution is -2.65. The summed E-state index contributed by atoms with van der Waals surface area (Å²) in [6.07, 6.45) is -1.43. The Kier molecular flexibility index (Phi) is 7.78. The Labute approximate surface area is 206 Å². The summed E-state index contributed by atoms with van der Waals surface area (Å²) in [5.74, 6) is 0.857. The Morgan fingerprint density at radius 3 is 2.66 bits per heavy atom. The van der Waals surface area contributed by atoms with Gasteiger partial charge in [0.1, 0.15) is 24.6 Å². The van der Waals surface area contributed by atoms with Gasteiger partial charge in [-0.2, -0.15) is 0 Å². The molecule has 0 spiro atoms. The van der Waals surface area contributed by atoms with Crippen molar-refractivity contribution in [3.8, 4) is 5.75 Å². The second-order valence-corrected chi connectivity index (χ2v) is 9.35. The number of likely N-dealkylation sites (N-methyl/N-ethyl adjacent to an activating group) is 2. The third-order valence-electron chi connectivity index (χ3n) is 6.88. The molecular formula is C24H36N6O5. The third-order valence-corrected chi connectivity index (χ3v) is 6.88. The molecule has 35 heavy (non-hydrogen) atoms. The van der Waals surface area contributed by atoms with Crippen molar-refractivity contribution in [3.05, 3.63) is 29.3 Å². The van der Waals surface area contributed by atoms with Crippen molar-refractivity contribution in [1.29, 1.82) is 0 Å². The predicted octanol–water partition coefficient (Wildman–Crippen LogP) is -0.145. The standard InChI is InChI=1S/C24H36N6O5/c1-16-5-6-19(13-17(16)2)35-15-18(31)14-30-20-21(27(3)24(33)28(4)22(20)32)26-23(30)25-7-8-29-9-11-34-12-10-29/h5-6,13,18,20-21,31H,7-12,14-15H2,1-4H3,(H,25,26). The molecule has 3 aliphatic heterocycles. The van der Waals surface area contributed by atoms with Crippen LogP contribution in [0.5, 0.6) is 5.75 Å². The zero-order valence-corrected chi connectivity index (χ0v) is 20.9. The van der Waals surface area contributed by atoms with Gasteiger partial charge in [0.2, 0.25) is 0 Å². The monoisotopic (exact) mass is 488 g/mol. The normalized spacial score (nSPS) is 25.2. The number of carbonyl (C=O) groups excluding carboxylic acids is 2. The van der Waals surface area contributed by atoms with Gasteiger partial charge in [0.05, 0.1) is 26.3 Å². The molecule has 0 bridgehead atoms. The van der Waals surface area contributed by atoms with Crippen LogP contribution in [-0.4, -0.2) is 128 Å². The lowest BCUT2D eigenvalue weighted by atomic mass is 10.1. The van der Waals surface area contributed by atoms with Gasteiger partial charge in [-0.15, -0.1) is 0 Å². The number of carbonyl (C=O) groups is 2. The van der Waals surface area contributed by atoms with Gasteiger partial charge >= 0.3 is 6.03 Å². The van der Waals surface area contributed by atoms with Crippen LogP contribution in [0.3, 0.4) is 0 Å². The molecule has 0 saturated carbocycles. The largest absolute Gasteiger partial charge is 0.491 e. The van der Waals surface area contributed by atoms with Crippen molar-refractivity contribution in [2.24, 2.45) is 4.99 Å². The molecule has 3 saturated heterocycles. The first-order valence-electron chi connectivity index (χ1n) is 12.1. The Balaban J connectivity index is 1.46. The topological polar surface area (TPSA) is 110 Å². The van der Waals surface area contributed by atoms with Gasteiger partial charge in [-0.3, -0.25) is 19.6 Å². The summed E-state index contributed by atoms with van der Waals surface area (Å²) in [6.45, 7) is 8.69. The lowest BCUT2D eigenvalue weighted by molar-refractivity contribution is -0.136. The molecule has 2 N–H and O–H groups in total. The number of nitrogens with one attached hydrogen (secondary N) is 1. The van der Waals surface area contributed by atoms with Crippen LogP contribution in [0.2, 0.25) is 0 Å². The number of guanidine groups is 1. The lowest BCUT2D eigenvalue weighted by Gasteiger charge is -2.39. The summed E-state index contributed by atoms with van der Waals surface area (Å²) in [5, 5.41) is 14.1. The number of urea groups is 1. The highest BCUT2D eigenvalue weighted by atomic mass is 16.5. The van der Waals surface area contributed by atoms with Crippen molar-refractivity contribution >= 4 is 17.9 Å². The first kappa shape index (κ1) is 25.2. The maximum absolute atomic E-state index is 13.1. The summed E-state index contributed by atoms with van der Waals surface area (Å²) >= 11 is 0. The number of hydrogen-bond donors (Lipinski definition) is 2. The number of rotatable bonds is 8. The molecule has 3 heterocycles. The van der Waals surface area contributed by atoms with E-state index in [0.29, 0.717) is 31.5 Å². The zero-order chi connectivity index (χ0) is 25.1. The van der Waals surface area contributed by atoms with E-state index in [1.807, 2.05) is 32.0 Å². The molecule has 3 fully saturated rings. The van der Waals surface area contributed by atoms with Crippen LogP contribution < -0.4 is 10.1 Å². The third kappa shape index (κ3) is 5.52. The number of morpholine rings is 1. The van der Waals surface area contributed by atoms with E-state index < -0.39 is 18.3 Å². The summed E-state index contributed by atoms with van der Waals surface area (Å²) in [6, 6.07) is 4.74. The van der Waals surface area contributed by atoms with Crippen LogP contribution in [0.25, 0.3) is 0 Å². The molecule has 0 aliphatic carbocycles. The molecule has 3 aliphatic rings. The van der Waals surface area contributed by atoms with E-state index in [0.717, 1.165) is 30.1 Å². The summed E-state index contributed by atoms with van der Waals surface area (Å²) in [7, 11) is 3.13. The molecule has 0 radical (unpaired) electrons. The average molecular weight is 489 g/mol. The number of hydrogen-bond acceptors (Lipinski definition) is 7. The molecular weight excluding hydrogens is 452 g/mol. The van der Waals surface area contributed by atoms with E-state index in [4.69, 9.17) is 14.5 Å². The smallest absolute Gasteiger partial charge is 0.327 e. The Bertz CT molecular complexity index is 966. The fourth-order valence-electron chi connectivity index (χ4n) is 4.56. The SMILES string of the molecule is Cc1ccc(OCC(O)CN2C(=NCCN3CCOCC3)NC3C2C(=O)N(C)C(=O)N3C)cc1C. The predicted molar refractivity (Wildman–Crippen MR) is 130 cm³/mol. The number of benzene rings is 1. The fourth-order valence-corrected chi connectivity index (χ4v) is 4.56. The van der Waals surface area contributed by atoms with Crippen LogP contribution in [0, 0.1) is 13.8 Å². The van der Waals surface area contributed by atoms with E-state index >= 15 is 0 Å². The van der Waals surface area contributed by atoms with Crippen LogP contribution in [0.15, 0.2) is 23.2 Å². The summed E-state index contributed by atoms with van der Waals surface area (Å²) in [4.78, 5) is 36.9. The van der Waals surface area contributed by atoms with Crippen LogP contribution in [0.4, 0.5) is 4.79 Å².